The largest absolute Gasteiger partial charge is 0.378 e. The monoisotopic (exact) mass is 567 g/mol. The molecule has 1 aliphatic rings. The topological polar surface area (TPSA) is 97.3 Å². The van der Waals surface area contributed by atoms with Gasteiger partial charge in [-0.25, -0.2) is 36.5 Å². The van der Waals surface area contributed by atoms with Crippen molar-refractivity contribution in [1.82, 2.24) is 15.0 Å². The number of aromatic nitrogens is 3. The Bertz CT molecular complexity index is 1580. The van der Waals surface area contributed by atoms with Crippen molar-refractivity contribution in [2.45, 2.75) is 4.90 Å². The Morgan fingerprint density at radius 2 is 1.84 bits per heavy atom. The van der Waals surface area contributed by atoms with Gasteiger partial charge < -0.3 is 9.64 Å². The molecule has 0 aliphatic carbocycles. The second kappa shape index (κ2) is 10.2. The molecule has 2 aromatic heterocycles. The fourth-order valence-corrected chi connectivity index (χ4v) is 6.09. The van der Waals surface area contributed by atoms with Crippen LogP contribution in [0.25, 0.3) is 21.8 Å². The van der Waals surface area contributed by atoms with E-state index in [0.29, 0.717) is 54.1 Å². The summed E-state index contributed by atoms with van der Waals surface area (Å²) in [6.07, 6.45) is 1.46. The highest BCUT2D eigenvalue weighted by Gasteiger charge is 2.26. The van der Waals surface area contributed by atoms with Crippen LogP contribution in [0.1, 0.15) is 0 Å². The summed E-state index contributed by atoms with van der Waals surface area (Å²) in [5, 5.41) is 0.583. The van der Waals surface area contributed by atoms with Crippen molar-refractivity contribution < 1.29 is 26.3 Å². The van der Waals surface area contributed by atoms with E-state index >= 15 is 4.39 Å². The Morgan fingerprint density at radius 3 is 2.59 bits per heavy atom. The lowest BCUT2D eigenvalue weighted by molar-refractivity contribution is 0.122. The number of anilines is 2. The summed E-state index contributed by atoms with van der Waals surface area (Å²) >= 11 is 7.25. The molecule has 0 radical (unpaired) electrons. The van der Waals surface area contributed by atoms with Crippen molar-refractivity contribution in [3.63, 3.8) is 0 Å². The first-order chi connectivity index (χ1) is 17.7. The molecule has 0 amide bonds. The summed E-state index contributed by atoms with van der Waals surface area (Å²) in [5.74, 6) is -3.09. The lowest BCUT2D eigenvalue weighted by atomic mass is 10.1. The van der Waals surface area contributed by atoms with Crippen LogP contribution in [0.4, 0.5) is 24.0 Å². The third-order valence-corrected chi connectivity index (χ3v) is 8.14. The summed E-state index contributed by atoms with van der Waals surface area (Å²) in [5.41, 5.74) is 0.116. The highest BCUT2D eigenvalue weighted by molar-refractivity contribution is 7.92. The molecule has 37 heavy (non-hydrogen) atoms. The molecule has 0 unspecified atom stereocenters. The molecule has 8 nitrogen and oxygen atoms in total. The summed E-state index contributed by atoms with van der Waals surface area (Å²) < 4.78 is 76.5. The number of hydrogen-bond acceptors (Lipinski definition) is 8. The van der Waals surface area contributed by atoms with Crippen LogP contribution in [0.3, 0.4) is 0 Å². The van der Waals surface area contributed by atoms with Crippen molar-refractivity contribution in [2.24, 2.45) is 0 Å². The number of morpholine rings is 1. The summed E-state index contributed by atoms with van der Waals surface area (Å²) in [6.45, 7) is 2.18. The third-order valence-electron chi connectivity index (χ3n) is 5.44. The summed E-state index contributed by atoms with van der Waals surface area (Å²) in [7, 11) is -4.65. The van der Waals surface area contributed by atoms with Gasteiger partial charge in [0.25, 0.3) is 10.0 Å². The zero-order valence-corrected chi connectivity index (χ0v) is 21.2. The maximum absolute atomic E-state index is 15.8. The number of halogens is 4. The molecule has 0 spiro atoms. The molecule has 1 fully saturated rings. The van der Waals surface area contributed by atoms with E-state index in [2.05, 4.69) is 15.0 Å². The van der Waals surface area contributed by atoms with Crippen LogP contribution in [-0.4, -0.2) is 49.7 Å². The van der Waals surface area contributed by atoms with Crippen LogP contribution in [-0.2, 0) is 14.8 Å². The number of sulfonamides is 1. The van der Waals surface area contributed by atoms with Crippen LogP contribution >= 0.6 is 22.9 Å². The zero-order chi connectivity index (χ0) is 26.2. The van der Waals surface area contributed by atoms with Crippen molar-refractivity contribution in [3.05, 3.63) is 71.4 Å². The van der Waals surface area contributed by atoms with Gasteiger partial charge in [-0.3, -0.25) is 4.72 Å². The normalized spacial score (nSPS) is 14.1. The van der Waals surface area contributed by atoms with Gasteiger partial charge in [0.05, 0.1) is 35.2 Å². The first-order valence-electron chi connectivity index (χ1n) is 10.8. The molecular weight excluding hydrogens is 551 g/mol. The first-order valence-corrected chi connectivity index (χ1v) is 13.5. The number of thiazole rings is 1. The minimum atomic E-state index is -4.65. The molecule has 0 bridgehead atoms. The Morgan fingerprint density at radius 1 is 1.05 bits per heavy atom. The zero-order valence-electron chi connectivity index (χ0n) is 18.8. The van der Waals surface area contributed by atoms with E-state index in [4.69, 9.17) is 16.3 Å². The summed E-state index contributed by atoms with van der Waals surface area (Å²) in [4.78, 5) is 14.3. The maximum Gasteiger partial charge on any atom is 0.265 e. The first kappa shape index (κ1) is 25.4. The Labute approximate surface area is 218 Å². The average molecular weight is 568 g/mol. The number of nitrogens with one attached hydrogen (secondary N) is 1. The molecule has 192 valence electrons. The maximum atomic E-state index is 15.8. The third kappa shape index (κ3) is 5.25. The van der Waals surface area contributed by atoms with Crippen LogP contribution in [0.15, 0.2) is 53.6 Å². The predicted octanol–water partition coefficient (Wildman–Crippen LogP) is 4.98. The van der Waals surface area contributed by atoms with E-state index in [0.717, 1.165) is 6.07 Å². The molecule has 4 aromatic rings. The Balaban J connectivity index is 1.59. The van der Waals surface area contributed by atoms with Gasteiger partial charge in [-0.1, -0.05) is 17.4 Å². The smallest absolute Gasteiger partial charge is 0.265 e. The average Bonchev–Trinajstić information content (AvgIpc) is 3.32. The molecule has 5 rings (SSSR count). The van der Waals surface area contributed by atoms with Crippen molar-refractivity contribution in [2.75, 3.05) is 35.9 Å². The van der Waals surface area contributed by atoms with E-state index in [1.165, 1.54) is 35.7 Å². The molecule has 1 aliphatic heterocycles. The van der Waals surface area contributed by atoms with Crippen molar-refractivity contribution in [3.8, 4) is 21.8 Å². The van der Waals surface area contributed by atoms with Gasteiger partial charge in [0.1, 0.15) is 16.5 Å². The van der Waals surface area contributed by atoms with E-state index in [1.807, 2.05) is 9.62 Å². The van der Waals surface area contributed by atoms with Gasteiger partial charge >= 0.3 is 0 Å². The lowest BCUT2D eigenvalue weighted by Crippen LogP contribution is -2.36. The van der Waals surface area contributed by atoms with Gasteiger partial charge in [-0.2, -0.15) is 0 Å². The molecule has 0 saturated carbocycles. The highest BCUT2D eigenvalue weighted by Crippen LogP contribution is 2.42. The molecule has 0 atom stereocenters. The predicted molar refractivity (Wildman–Crippen MR) is 134 cm³/mol. The van der Waals surface area contributed by atoms with Gasteiger partial charge in [-0.05, 0) is 48.0 Å². The molecule has 1 saturated heterocycles. The second-order valence-electron chi connectivity index (χ2n) is 7.83. The number of ether oxygens (including phenoxy) is 1. The quantitative estimate of drug-likeness (QED) is 0.328. The van der Waals surface area contributed by atoms with E-state index < -0.39 is 38.1 Å². The van der Waals surface area contributed by atoms with Crippen LogP contribution in [0.5, 0.6) is 0 Å². The van der Waals surface area contributed by atoms with Gasteiger partial charge in [0.2, 0.25) is 5.28 Å². The van der Waals surface area contributed by atoms with Crippen molar-refractivity contribution in [1.29, 1.82) is 0 Å². The minimum absolute atomic E-state index is 0.0103. The number of rotatable bonds is 6. The standard InChI is InChI=1S/C23H17ClF3N5O3S2/c24-22-28-7-6-17(29-22)21-20(30-23(36-21)32-8-10-35-11-9-32)14-2-1-3-16(19(14)27)31-37(33,34)18-12-13(25)4-5-15(18)26/h1-7,12,31H,8-11H2. The molecule has 2 aromatic carbocycles. The van der Waals surface area contributed by atoms with E-state index in [9.17, 15) is 17.2 Å². The lowest BCUT2D eigenvalue weighted by Gasteiger charge is -2.26. The Kier molecular flexibility index (Phi) is 7.03. The van der Waals surface area contributed by atoms with Crippen LogP contribution < -0.4 is 9.62 Å². The fraction of sp³-hybridized carbons (Fsp3) is 0.174. The number of hydrogen-bond donors (Lipinski definition) is 1. The SMILES string of the molecule is O=S(=O)(Nc1cccc(-c2nc(N3CCOCC3)sc2-c2ccnc(Cl)n2)c1F)c1cc(F)ccc1F. The summed E-state index contributed by atoms with van der Waals surface area (Å²) in [6, 6.07) is 7.60. The second-order valence-corrected chi connectivity index (χ2v) is 10.8. The van der Waals surface area contributed by atoms with E-state index in [-0.39, 0.29) is 16.5 Å². The van der Waals surface area contributed by atoms with Crippen molar-refractivity contribution >= 4 is 43.8 Å². The van der Waals surface area contributed by atoms with Crippen LogP contribution in [0, 0.1) is 17.5 Å². The van der Waals surface area contributed by atoms with Gasteiger partial charge in [0.15, 0.2) is 10.9 Å². The Hall–Kier alpha value is -3.26. The van der Waals surface area contributed by atoms with Crippen LogP contribution in [0.2, 0.25) is 5.28 Å². The van der Waals surface area contributed by atoms with Gasteiger partial charge in [0, 0.05) is 24.8 Å². The van der Waals surface area contributed by atoms with E-state index in [1.54, 1.807) is 6.07 Å². The molecule has 1 N–H and O–H groups in total. The molecule has 14 heteroatoms. The highest BCUT2D eigenvalue weighted by atomic mass is 35.5. The minimum Gasteiger partial charge on any atom is -0.378 e. The number of nitrogens with zero attached hydrogens (tertiary/aromatic N) is 4. The van der Waals surface area contributed by atoms with Gasteiger partial charge in [-0.15, -0.1) is 0 Å². The molecule has 3 heterocycles. The molecular formula is C23H17ClF3N5O3S2. The number of benzene rings is 2. The fourth-order valence-electron chi connectivity index (χ4n) is 3.69.